The summed E-state index contributed by atoms with van der Waals surface area (Å²) in [7, 11) is 2.24. The molecule has 0 radical (unpaired) electrons. The van der Waals surface area contributed by atoms with Crippen molar-refractivity contribution in [3.8, 4) is 0 Å². The van der Waals surface area contributed by atoms with Crippen LogP contribution in [0.1, 0.15) is 58.3 Å². The first-order valence-electron chi connectivity index (χ1n) is 7.21. The van der Waals surface area contributed by atoms with Crippen molar-refractivity contribution in [2.24, 2.45) is 0 Å². The Morgan fingerprint density at radius 1 is 1.11 bits per heavy atom. The molecule has 0 aliphatic heterocycles. The second-order valence-corrected chi connectivity index (χ2v) is 6.41. The molecule has 1 aliphatic rings. The first-order chi connectivity index (χ1) is 8.84. The molecule has 0 N–H and O–H groups in total. The third-order valence-electron chi connectivity index (χ3n) is 4.25. The van der Waals surface area contributed by atoms with E-state index in [1.54, 1.807) is 0 Å². The quantitative estimate of drug-likeness (QED) is 0.544. The van der Waals surface area contributed by atoms with Crippen molar-refractivity contribution in [2.45, 2.75) is 58.0 Å². The van der Waals surface area contributed by atoms with E-state index in [-0.39, 0.29) is 5.52 Å². The van der Waals surface area contributed by atoms with Gasteiger partial charge >= 0.3 is 48.0 Å². The number of carbonyl (C=O) groups is 1. The molecule has 0 spiro atoms. The van der Waals surface area contributed by atoms with Crippen molar-refractivity contribution in [3.05, 3.63) is 33.9 Å². The third kappa shape index (κ3) is 4.75. The van der Waals surface area contributed by atoms with Crippen LogP contribution in [0.25, 0.3) is 0 Å². The zero-order valence-corrected chi connectivity index (χ0v) is 14.1. The maximum atomic E-state index is 11.3. The van der Waals surface area contributed by atoms with Crippen molar-refractivity contribution in [1.29, 1.82) is 0 Å². The molecule has 3 heteroatoms. The Morgan fingerprint density at radius 2 is 1.63 bits per heavy atom. The molecule has 1 atom stereocenters. The van der Waals surface area contributed by atoms with Crippen molar-refractivity contribution in [3.63, 3.8) is 0 Å². The van der Waals surface area contributed by atoms with Crippen LogP contribution in [-0.2, 0) is 0 Å². The molecule has 1 unspecified atom stereocenters. The number of hydrogen-bond acceptors (Lipinski definition) is 1. The number of hydrogen-bond donors (Lipinski definition) is 0. The SMILES string of the molecule is Cc1cc(C)c(C(=O)P)c(C)c1C.[Li][CH]1CCCC1. The summed E-state index contributed by atoms with van der Waals surface area (Å²) in [4.78, 5) is 11.3. The van der Waals surface area contributed by atoms with E-state index in [2.05, 4.69) is 46.9 Å². The molecule has 100 valence electrons. The fourth-order valence-electron chi connectivity index (χ4n) is 2.79. The average Bonchev–Trinajstić information content (AvgIpc) is 2.77. The summed E-state index contributed by atoms with van der Waals surface area (Å²) in [5, 5.41) is 0. The van der Waals surface area contributed by atoms with E-state index in [0.29, 0.717) is 0 Å². The van der Waals surface area contributed by atoms with Crippen LogP contribution in [0.3, 0.4) is 0 Å². The van der Waals surface area contributed by atoms with Gasteiger partial charge < -0.3 is 0 Å². The van der Waals surface area contributed by atoms with Crippen LogP contribution >= 0.6 is 9.24 Å². The minimum absolute atomic E-state index is 0.0816. The topological polar surface area (TPSA) is 17.1 Å². The van der Waals surface area contributed by atoms with Crippen molar-refractivity contribution in [2.75, 3.05) is 0 Å². The molecule has 0 bridgehead atoms. The van der Waals surface area contributed by atoms with Crippen LogP contribution < -0.4 is 0 Å². The van der Waals surface area contributed by atoms with E-state index >= 15 is 0 Å². The fourth-order valence-corrected chi connectivity index (χ4v) is 3.24. The molecule has 2 rings (SSSR count). The van der Waals surface area contributed by atoms with E-state index in [9.17, 15) is 4.79 Å². The first-order valence-corrected chi connectivity index (χ1v) is 7.79. The molecule has 1 aromatic rings. The zero-order valence-electron chi connectivity index (χ0n) is 13.0. The van der Waals surface area contributed by atoms with Gasteiger partial charge in [0.2, 0.25) is 0 Å². The van der Waals surface area contributed by atoms with Crippen molar-refractivity contribution >= 4 is 32.5 Å². The van der Waals surface area contributed by atoms with Crippen molar-refractivity contribution < 1.29 is 4.79 Å². The molecule has 1 nitrogen and oxygen atoms in total. The number of benzene rings is 1. The van der Waals surface area contributed by atoms with Crippen molar-refractivity contribution in [1.82, 2.24) is 0 Å². The summed E-state index contributed by atoms with van der Waals surface area (Å²) in [5.74, 6) is 0. The van der Waals surface area contributed by atoms with Crippen LogP contribution in [0.4, 0.5) is 0 Å². The van der Waals surface area contributed by atoms with Gasteiger partial charge in [-0.2, -0.15) is 0 Å². The molecule has 1 fully saturated rings. The molecule has 0 amide bonds. The summed E-state index contributed by atoms with van der Waals surface area (Å²) in [5.41, 5.74) is 5.59. The number of aryl methyl sites for hydroxylation is 2. The molecule has 0 aromatic heterocycles. The Balaban J connectivity index is 0.000000250. The van der Waals surface area contributed by atoms with E-state index in [1.807, 2.05) is 13.8 Å². The normalized spacial score (nSPS) is 15.1. The molecule has 1 saturated carbocycles. The second kappa shape index (κ2) is 7.63. The van der Waals surface area contributed by atoms with Gasteiger partial charge in [-0.25, -0.2) is 0 Å². The van der Waals surface area contributed by atoms with E-state index in [4.69, 9.17) is 0 Å². The van der Waals surface area contributed by atoms with Gasteiger partial charge in [-0.05, 0) is 49.9 Å². The molecular weight excluding hydrogens is 246 g/mol. The summed E-state index contributed by atoms with van der Waals surface area (Å²) >= 11 is 2.34. The van der Waals surface area contributed by atoms with Gasteiger partial charge in [-0.15, -0.1) is 0 Å². The molecule has 0 saturated heterocycles. The van der Waals surface area contributed by atoms with Crippen LogP contribution in [0.5, 0.6) is 0 Å². The van der Waals surface area contributed by atoms with Gasteiger partial charge in [-0.1, -0.05) is 15.3 Å². The van der Waals surface area contributed by atoms with Gasteiger partial charge in [-0.3, -0.25) is 4.79 Å². The fraction of sp³-hybridized carbons (Fsp3) is 0.562. The van der Waals surface area contributed by atoms with Gasteiger partial charge in [0.25, 0.3) is 0 Å². The van der Waals surface area contributed by atoms with Gasteiger partial charge in [0, 0.05) is 5.56 Å². The summed E-state index contributed by atoms with van der Waals surface area (Å²) in [6.45, 7) is 8.12. The monoisotopic (exact) mass is 270 g/mol. The molecule has 1 aromatic carbocycles. The summed E-state index contributed by atoms with van der Waals surface area (Å²) in [6, 6.07) is 2.07. The van der Waals surface area contributed by atoms with Gasteiger partial charge in [0.15, 0.2) is 5.52 Å². The third-order valence-corrected chi connectivity index (χ3v) is 4.54. The second-order valence-electron chi connectivity index (χ2n) is 5.89. The van der Waals surface area contributed by atoms with Gasteiger partial charge in [0.05, 0.1) is 0 Å². The van der Waals surface area contributed by atoms with Crippen LogP contribution in [0, 0.1) is 27.7 Å². The Hall–Kier alpha value is -0.0826. The van der Waals surface area contributed by atoms with Crippen LogP contribution in [0.15, 0.2) is 6.07 Å². The number of rotatable bonds is 1. The maximum absolute atomic E-state index is 11.3. The predicted octanol–water partition coefficient (Wildman–Crippen LogP) is 4.45. The van der Waals surface area contributed by atoms with E-state index in [1.165, 1.54) is 36.8 Å². The molecule has 0 heterocycles. The Labute approximate surface area is 129 Å². The zero-order chi connectivity index (χ0) is 14.6. The van der Waals surface area contributed by atoms with Gasteiger partial charge in [0.1, 0.15) is 0 Å². The average molecular weight is 270 g/mol. The molecule has 19 heavy (non-hydrogen) atoms. The van der Waals surface area contributed by atoms with Crippen LogP contribution in [-0.4, -0.2) is 23.2 Å². The predicted molar refractivity (Wildman–Crippen MR) is 87.4 cm³/mol. The summed E-state index contributed by atoms with van der Waals surface area (Å²) < 4.78 is 1.05. The Kier molecular flexibility index (Phi) is 6.82. The minimum atomic E-state index is 0.0816. The standard InChI is InChI=1S/C11H15OP.C5H9.Li/c1-6-5-7(2)10(11(12)13)9(4)8(6)3;1-2-4-5-3-1;/h5H,13H2,1-4H3;1H,2-5H2;. The van der Waals surface area contributed by atoms with E-state index < -0.39 is 0 Å². The number of carbonyl (C=O) groups excluding carboxylic acids is 1. The molecular formula is C16H24LiOP. The van der Waals surface area contributed by atoms with Crippen LogP contribution in [0.2, 0.25) is 4.59 Å². The van der Waals surface area contributed by atoms with E-state index in [0.717, 1.165) is 21.3 Å². The molecule has 1 aliphatic carbocycles. The summed E-state index contributed by atoms with van der Waals surface area (Å²) in [6.07, 6.45) is 5.95. The first kappa shape index (κ1) is 17.0. The Morgan fingerprint density at radius 3 is 2.00 bits per heavy atom. The Bertz CT molecular complexity index is 462.